The molecule has 102 valence electrons. The highest BCUT2D eigenvalue weighted by Crippen LogP contribution is 2.33. The van der Waals surface area contributed by atoms with E-state index in [-0.39, 0.29) is 11.2 Å². The van der Waals surface area contributed by atoms with Crippen molar-refractivity contribution >= 4 is 35.0 Å². The van der Waals surface area contributed by atoms with Crippen molar-refractivity contribution in [3.63, 3.8) is 0 Å². The summed E-state index contributed by atoms with van der Waals surface area (Å²) in [7, 11) is 0. The number of halogens is 3. The Balaban J connectivity index is 2.75. The van der Waals surface area contributed by atoms with Crippen molar-refractivity contribution in [2.75, 3.05) is 23.3 Å². The summed E-state index contributed by atoms with van der Waals surface area (Å²) in [5.74, 6) is 2.97. The Hall–Kier alpha value is 0.0800. The topological polar surface area (TPSA) is 0 Å². The molecule has 0 heterocycles. The van der Waals surface area contributed by atoms with Gasteiger partial charge in [0, 0.05) is 17.2 Å². The predicted octanol–water partition coefficient (Wildman–Crippen LogP) is 5.07. The molecule has 4 heteroatoms. The molecule has 0 radical (unpaired) electrons. The Morgan fingerprint density at radius 2 is 1.78 bits per heavy atom. The minimum atomic E-state index is -0.231. The maximum absolute atomic E-state index is 13.0. The molecule has 1 rings (SSSR count). The molecule has 0 aromatic heterocycles. The molecule has 0 nitrogen and oxygen atoms in total. The van der Waals surface area contributed by atoms with Crippen molar-refractivity contribution < 1.29 is 4.39 Å². The fraction of sp³-hybridized carbons (Fsp3) is 0.571. The number of hydrogen-bond acceptors (Lipinski definition) is 1. The highest BCUT2D eigenvalue weighted by Gasteiger charge is 2.30. The van der Waals surface area contributed by atoms with E-state index in [1.54, 1.807) is 12.1 Å². The molecule has 18 heavy (non-hydrogen) atoms. The lowest BCUT2D eigenvalue weighted by atomic mass is 9.80. The van der Waals surface area contributed by atoms with Crippen molar-refractivity contribution in [2.24, 2.45) is 0 Å². The standard InChI is InChI=1S/C14H19Cl2FS/c1-2-18-9-3-8-14(10-15,11-16)12-4-6-13(17)7-5-12/h4-7H,2-3,8-11H2,1H3. The maximum atomic E-state index is 13.0. The Labute approximate surface area is 123 Å². The van der Waals surface area contributed by atoms with E-state index in [0.29, 0.717) is 11.8 Å². The molecule has 0 aliphatic heterocycles. The first kappa shape index (κ1) is 16.1. The summed E-state index contributed by atoms with van der Waals surface area (Å²) in [5.41, 5.74) is 0.806. The van der Waals surface area contributed by atoms with E-state index >= 15 is 0 Å². The minimum absolute atomic E-state index is 0.224. The first-order chi connectivity index (χ1) is 8.68. The number of benzene rings is 1. The maximum Gasteiger partial charge on any atom is 0.123 e. The van der Waals surface area contributed by atoms with E-state index in [1.807, 2.05) is 11.8 Å². The van der Waals surface area contributed by atoms with Gasteiger partial charge in [0.15, 0.2) is 0 Å². The van der Waals surface area contributed by atoms with Crippen LogP contribution in [0.4, 0.5) is 4.39 Å². The predicted molar refractivity (Wildman–Crippen MR) is 81.8 cm³/mol. The summed E-state index contributed by atoms with van der Waals surface area (Å²) in [6.45, 7) is 2.15. The van der Waals surface area contributed by atoms with Crippen LogP contribution in [0, 0.1) is 5.82 Å². The van der Waals surface area contributed by atoms with Gasteiger partial charge in [-0.15, -0.1) is 23.2 Å². The Morgan fingerprint density at radius 3 is 2.28 bits per heavy atom. The molecule has 1 aromatic rings. The number of rotatable bonds is 8. The molecule has 0 aliphatic rings. The average molecular weight is 309 g/mol. The summed E-state index contributed by atoms with van der Waals surface area (Å²) in [6.07, 6.45) is 2.02. The molecule has 0 aliphatic carbocycles. The second-order valence-electron chi connectivity index (χ2n) is 4.35. The van der Waals surface area contributed by atoms with Crippen LogP contribution in [0.1, 0.15) is 25.3 Å². The van der Waals surface area contributed by atoms with Crippen LogP contribution in [0.25, 0.3) is 0 Å². The van der Waals surface area contributed by atoms with Crippen LogP contribution in [0.2, 0.25) is 0 Å². The van der Waals surface area contributed by atoms with Gasteiger partial charge in [-0.25, -0.2) is 4.39 Å². The van der Waals surface area contributed by atoms with E-state index in [2.05, 4.69) is 6.92 Å². The van der Waals surface area contributed by atoms with Gasteiger partial charge >= 0.3 is 0 Å². The lowest BCUT2D eigenvalue weighted by molar-refractivity contribution is 0.486. The third kappa shape index (κ3) is 4.32. The van der Waals surface area contributed by atoms with Gasteiger partial charge in [0.25, 0.3) is 0 Å². The van der Waals surface area contributed by atoms with E-state index in [9.17, 15) is 4.39 Å². The largest absolute Gasteiger partial charge is 0.207 e. The molecule has 0 saturated heterocycles. The molecule has 0 saturated carbocycles. The van der Waals surface area contributed by atoms with Gasteiger partial charge in [-0.1, -0.05) is 19.1 Å². The monoisotopic (exact) mass is 308 g/mol. The quantitative estimate of drug-likeness (QED) is 0.477. The smallest absolute Gasteiger partial charge is 0.123 e. The summed E-state index contributed by atoms with van der Waals surface area (Å²) in [5, 5.41) is 0. The zero-order chi connectivity index (χ0) is 13.4. The highest BCUT2D eigenvalue weighted by molar-refractivity contribution is 7.99. The summed E-state index contributed by atoms with van der Waals surface area (Å²) >= 11 is 14.2. The van der Waals surface area contributed by atoms with Crippen molar-refractivity contribution in [3.8, 4) is 0 Å². The van der Waals surface area contributed by atoms with Gasteiger partial charge in [-0.05, 0) is 42.0 Å². The van der Waals surface area contributed by atoms with E-state index < -0.39 is 0 Å². The molecule has 0 bridgehead atoms. The molecule has 0 N–H and O–H groups in total. The zero-order valence-corrected chi connectivity index (χ0v) is 12.9. The second kappa shape index (κ2) is 8.29. The molecule has 0 fully saturated rings. The second-order valence-corrected chi connectivity index (χ2v) is 6.28. The van der Waals surface area contributed by atoms with Crippen LogP contribution in [0.3, 0.4) is 0 Å². The minimum Gasteiger partial charge on any atom is -0.207 e. The van der Waals surface area contributed by atoms with Crippen LogP contribution in [-0.2, 0) is 5.41 Å². The van der Waals surface area contributed by atoms with Gasteiger partial charge in [0.1, 0.15) is 5.82 Å². The number of hydrogen-bond donors (Lipinski definition) is 0. The van der Waals surface area contributed by atoms with E-state index in [4.69, 9.17) is 23.2 Å². The first-order valence-corrected chi connectivity index (χ1v) is 8.36. The zero-order valence-electron chi connectivity index (χ0n) is 10.6. The van der Waals surface area contributed by atoms with Gasteiger partial charge in [-0.3, -0.25) is 0 Å². The summed E-state index contributed by atoms with van der Waals surface area (Å²) < 4.78 is 13.0. The van der Waals surface area contributed by atoms with Crippen molar-refractivity contribution in [2.45, 2.75) is 25.2 Å². The van der Waals surface area contributed by atoms with Gasteiger partial charge in [0.2, 0.25) is 0 Å². The van der Waals surface area contributed by atoms with Crippen molar-refractivity contribution in [1.29, 1.82) is 0 Å². The fourth-order valence-corrected chi connectivity index (χ4v) is 3.43. The Morgan fingerprint density at radius 1 is 1.17 bits per heavy atom. The van der Waals surface area contributed by atoms with Crippen molar-refractivity contribution in [3.05, 3.63) is 35.6 Å². The van der Waals surface area contributed by atoms with Gasteiger partial charge in [0.05, 0.1) is 0 Å². The van der Waals surface area contributed by atoms with E-state index in [0.717, 1.165) is 29.9 Å². The molecule has 1 aromatic carbocycles. The Bertz CT molecular complexity index is 336. The SMILES string of the molecule is CCSCCCC(CCl)(CCl)c1ccc(F)cc1. The van der Waals surface area contributed by atoms with Crippen LogP contribution in [0.5, 0.6) is 0 Å². The van der Waals surface area contributed by atoms with Crippen LogP contribution < -0.4 is 0 Å². The fourth-order valence-electron chi connectivity index (χ4n) is 1.93. The Kier molecular flexibility index (Phi) is 7.43. The van der Waals surface area contributed by atoms with Gasteiger partial charge in [-0.2, -0.15) is 11.8 Å². The normalized spacial score (nSPS) is 11.8. The van der Waals surface area contributed by atoms with Gasteiger partial charge < -0.3 is 0 Å². The third-order valence-electron chi connectivity index (χ3n) is 3.12. The van der Waals surface area contributed by atoms with Crippen LogP contribution in [0.15, 0.2) is 24.3 Å². The molecule has 0 atom stereocenters. The van der Waals surface area contributed by atoms with Crippen LogP contribution >= 0.6 is 35.0 Å². The molecule has 0 amide bonds. The average Bonchev–Trinajstić information content (AvgIpc) is 2.41. The molecular formula is C14H19Cl2FS. The van der Waals surface area contributed by atoms with Crippen LogP contribution in [-0.4, -0.2) is 23.3 Å². The first-order valence-electron chi connectivity index (χ1n) is 6.14. The molecule has 0 unspecified atom stereocenters. The lowest BCUT2D eigenvalue weighted by Gasteiger charge is -2.30. The van der Waals surface area contributed by atoms with E-state index in [1.165, 1.54) is 12.1 Å². The number of thioether (sulfide) groups is 1. The number of alkyl halides is 2. The molecule has 0 spiro atoms. The van der Waals surface area contributed by atoms with Crippen molar-refractivity contribution in [1.82, 2.24) is 0 Å². The molecular weight excluding hydrogens is 290 g/mol. The third-order valence-corrected chi connectivity index (χ3v) is 5.13. The highest BCUT2D eigenvalue weighted by atomic mass is 35.5. The summed E-state index contributed by atoms with van der Waals surface area (Å²) in [6, 6.07) is 6.55. The summed E-state index contributed by atoms with van der Waals surface area (Å²) in [4.78, 5) is 0. The lowest BCUT2D eigenvalue weighted by Crippen LogP contribution is -2.30.